The van der Waals surface area contributed by atoms with Crippen LogP contribution in [0, 0.1) is 11.3 Å². The van der Waals surface area contributed by atoms with Crippen molar-refractivity contribution in [2.75, 3.05) is 37.0 Å². The minimum Gasteiger partial charge on any atom is -0.494 e. The summed E-state index contributed by atoms with van der Waals surface area (Å²) >= 11 is 0. The number of hydrogen-bond acceptors (Lipinski definition) is 10. The van der Waals surface area contributed by atoms with Crippen molar-refractivity contribution in [2.24, 2.45) is 16.6 Å². The monoisotopic (exact) mass is 548 g/mol. The first-order valence-corrected chi connectivity index (χ1v) is 12.8. The zero-order valence-corrected chi connectivity index (χ0v) is 22.4. The van der Waals surface area contributed by atoms with E-state index in [1.54, 1.807) is 30.3 Å². The Kier molecular flexibility index (Phi) is 10.9. The van der Waals surface area contributed by atoms with E-state index in [1.807, 2.05) is 6.07 Å². The van der Waals surface area contributed by atoms with Crippen LogP contribution in [0.1, 0.15) is 36.4 Å². The number of amides is 1. The molecule has 2 aromatic rings. The molecule has 2 aromatic carbocycles. The summed E-state index contributed by atoms with van der Waals surface area (Å²) < 4.78 is 5.59. The van der Waals surface area contributed by atoms with Crippen molar-refractivity contribution >= 4 is 28.8 Å². The fraction of sp³-hybridized carbons (Fsp3) is 0.321. The van der Waals surface area contributed by atoms with Crippen LogP contribution in [0.15, 0.2) is 65.9 Å². The molecule has 0 saturated carbocycles. The fourth-order valence-corrected chi connectivity index (χ4v) is 4.37. The molecule has 1 aliphatic heterocycles. The first-order chi connectivity index (χ1) is 19.3. The number of benzene rings is 2. The standard InChI is InChI=1S/C28H36N8O4/c1-3-28(39)34-22-14-23(25(40-2)15-24(22)36-10-7-20(38)8-11-36)32-26(30)16-27(35-31)33-21(9-12-37)19-6-4-5-18(13-19)17-29/h3-6,13-16,20-21,33,35,37-38H,1,7-12,31H2,2H3,(H2,30,32)(H,34,39)/b27-16-/t21-/m1/s1. The summed E-state index contributed by atoms with van der Waals surface area (Å²) in [7, 11) is 1.51. The molecule has 9 N–H and O–H groups in total. The van der Waals surface area contributed by atoms with Gasteiger partial charge < -0.3 is 41.6 Å². The highest BCUT2D eigenvalue weighted by Crippen LogP contribution is 2.39. The van der Waals surface area contributed by atoms with Crippen LogP contribution in [0.25, 0.3) is 0 Å². The maximum atomic E-state index is 12.2. The highest BCUT2D eigenvalue weighted by molar-refractivity contribution is 6.02. The smallest absolute Gasteiger partial charge is 0.247 e. The number of nitrogens with two attached hydrogens (primary N) is 2. The third-order valence-corrected chi connectivity index (χ3v) is 6.41. The predicted molar refractivity (Wildman–Crippen MR) is 155 cm³/mol. The lowest BCUT2D eigenvalue weighted by atomic mass is 10.0. The van der Waals surface area contributed by atoms with Crippen LogP contribution in [0.4, 0.5) is 17.1 Å². The lowest BCUT2D eigenvalue weighted by molar-refractivity contribution is -0.111. The average molecular weight is 549 g/mol. The van der Waals surface area contributed by atoms with Crippen molar-refractivity contribution in [1.29, 1.82) is 5.26 Å². The van der Waals surface area contributed by atoms with Crippen molar-refractivity contribution in [3.05, 3.63) is 72.1 Å². The highest BCUT2D eigenvalue weighted by Gasteiger charge is 2.22. The number of hydrazine groups is 1. The van der Waals surface area contributed by atoms with Gasteiger partial charge in [0.05, 0.1) is 42.3 Å². The fourth-order valence-electron chi connectivity index (χ4n) is 4.37. The van der Waals surface area contributed by atoms with E-state index in [9.17, 15) is 20.3 Å². The number of ether oxygens (including phenoxy) is 1. The molecule has 3 rings (SSSR count). The molecule has 1 amide bonds. The first kappa shape index (κ1) is 30.0. The van der Waals surface area contributed by atoms with E-state index in [4.69, 9.17) is 16.3 Å². The maximum Gasteiger partial charge on any atom is 0.247 e. The van der Waals surface area contributed by atoms with Gasteiger partial charge in [-0.05, 0) is 49.1 Å². The van der Waals surface area contributed by atoms with E-state index in [2.05, 4.69) is 38.6 Å². The highest BCUT2D eigenvalue weighted by atomic mass is 16.5. The predicted octanol–water partition coefficient (Wildman–Crippen LogP) is 1.66. The molecule has 1 saturated heterocycles. The number of methoxy groups -OCH3 is 1. The van der Waals surface area contributed by atoms with Gasteiger partial charge in [0.2, 0.25) is 5.91 Å². The van der Waals surface area contributed by atoms with Crippen LogP contribution >= 0.6 is 0 Å². The Morgan fingerprint density at radius 2 is 2.10 bits per heavy atom. The van der Waals surface area contributed by atoms with Gasteiger partial charge in [0.15, 0.2) is 0 Å². The van der Waals surface area contributed by atoms with Gasteiger partial charge in [0, 0.05) is 31.8 Å². The molecule has 40 heavy (non-hydrogen) atoms. The minimum absolute atomic E-state index is 0.0714. The average Bonchev–Trinajstić information content (AvgIpc) is 2.97. The molecule has 12 nitrogen and oxygen atoms in total. The molecule has 0 unspecified atom stereocenters. The number of nitriles is 1. The molecule has 12 heteroatoms. The Balaban J connectivity index is 1.95. The summed E-state index contributed by atoms with van der Waals surface area (Å²) in [5.74, 6) is 6.18. The lowest BCUT2D eigenvalue weighted by Gasteiger charge is -2.33. The third-order valence-electron chi connectivity index (χ3n) is 6.41. The van der Waals surface area contributed by atoms with Crippen molar-refractivity contribution in [2.45, 2.75) is 31.4 Å². The molecule has 212 valence electrons. The van der Waals surface area contributed by atoms with E-state index in [0.29, 0.717) is 60.9 Å². The number of anilines is 2. The zero-order valence-electron chi connectivity index (χ0n) is 22.4. The van der Waals surface area contributed by atoms with Crippen LogP contribution < -0.4 is 37.3 Å². The van der Waals surface area contributed by atoms with Gasteiger partial charge >= 0.3 is 0 Å². The van der Waals surface area contributed by atoms with Gasteiger partial charge in [0.1, 0.15) is 23.1 Å². The van der Waals surface area contributed by atoms with E-state index in [-0.39, 0.29) is 30.5 Å². The summed E-state index contributed by atoms with van der Waals surface area (Å²) in [4.78, 5) is 18.8. The second-order valence-corrected chi connectivity index (χ2v) is 9.14. The second-order valence-electron chi connectivity index (χ2n) is 9.14. The summed E-state index contributed by atoms with van der Waals surface area (Å²) in [6, 6.07) is 12.2. The molecule has 0 bridgehead atoms. The molecule has 1 atom stereocenters. The van der Waals surface area contributed by atoms with Gasteiger partial charge in [-0.3, -0.25) is 4.79 Å². The number of nitrogens with one attached hydrogen (secondary N) is 3. The van der Waals surface area contributed by atoms with Gasteiger partial charge in [-0.2, -0.15) is 5.26 Å². The maximum absolute atomic E-state index is 12.2. The normalized spacial score (nSPS) is 15.1. The van der Waals surface area contributed by atoms with Crippen molar-refractivity contribution in [3.63, 3.8) is 0 Å². The number of aliphatic hydroxyl groups is 2. The van der Waals surface area contributed by atoms with E-state index in [1.165, 1.54) is 19.3 Å². The van der Waals surface area contributed by atoms with Gasteiger partial charge in [-0.15, -0.1) is 0 Å². The number of hydrogen-bond donors (Lipinski definition) is 7. The molecular formula is C28H36N8O4. The van der Waals surface area contributed by atoms with Crippen LogP contribution in [0.5, 0.6) is 5.75 Å². The zero-order chi connectivity index (χ0) is 29.1. The number of aliphatic imine (C=N–C) groups is 1. The third kappa shape index (κ3) is 7.97. The van der Waals surface area contributed by atoms with Crippen LogP contribution in [0.2, 0.25) is 0 Å². The Bertz CT molecular complexity index is 1300. The molecule has 1 heterocycles. The molecular weight excluding hydrogens is 512 g/mol. The largest absolute Gasteiger partial charge is 0.494 e. The number of piperidine rings is 1. The first-order valence-electron chi connectivity index (χ1n) is 12.8. The summed E-state index contributed by atoms with van der Waals surface area (Å²) in [5, 5.41) is 34.8. The molecule has 0 radical (unpaired) electrons. The molecule has 1 aliphatic rings. The number of nitrogens with zero attached hydrogens (tertiary/aromatic N) is 3. The Morgan fingerprint density at radius 1 is 1.35 bits per heavy atom. The Hall–Kier alpha value is -4.57. The van der Waals surface area contributed by atoms with Crippen molar-refractivity contribution in [1.82, 2.24) is 10.7 Å². The van der Waals surface area contributed by atoms with Crippen molar-refractivity contribution in [3.8, 4) is 11.8 Å². The Labute approximate surface area is 233 Å². The van der Waals surface area contributed by atoms with E-state index >= 15 is 0 Å². The molecule has 0 spiro atoms. The second kappa shape index (κ2) is 14.5. The summed E-state index contributed by atoms with van der Waals surface area (Å²) in [6.07, 6.45) is 3.86. The number of amidine groups is 1. The lowest BCUT2D eigenvalue weighted by Crippen LogP contribution is -2.36. The van der Waals surface area contributed by atoms with Crippen LogP contribution in [-0.2, 0) is 4.79 Å². The Morgan fingerprint density at radius 3 is 2.73 bits per heavy atom. The quantitative estimate of drug-likeness (QED) is 0.0674. The molecule has 1 fully saturated rings. The number of carbonyl (C=O) groups is 1. The van der Waals surface area contributed by atoms with E-state index in [0.717, 1.165) is 11.3 Å². The topological polar surface area (TPSA) is 194 Å². The molecule has 0 aliphatic carbocycles. The van der Waals surface area contributed by atoms with Crippen LogP contribution in [0.3, 0.4) is 0 Å². The number of rotatable bonds is 12. The van der Waals surface area contributed by atoms with Gasteiger partial charge in [-0.1, -0.05) is 18.7 Å². The van der Waals surface area contributed by atoms with Crippen molar-refractivity contribution < 1.29 is 19.7 Å². The van der Waals surface area contributed by atoms with E-state index < -0.39 is 0 Å². The minimum atomic E-state index is -0.388. The SMILES string of the molecule is C=CC(=O)Nc1cc(N=C(N)/C=C(\NN)N[C@H](CCO)c2cccc(C#N)c2)c(OC)cc1N1CCC(O)CC1. The number of aliphatic hydroxyl groups excluding tert-OH is 2. The van der Waals surface area contributed by atoms with Crippen LogP contribution in [-0.4, -0.2) is 54.9 Å². The van der Waals surface area contributed by atoms with Gasteiger partial charge in [0.25, 0.3) is 0 Å². The number of carbonyl (C=O) groups excluding carboxylic acids is 1. The molecule has 0 aromatic heterocycles. The summed E-state index contributed by atoms with van der Waals surface area (Å²) in [6.45, 7) is 4.64. The summed E-state index contributed by atoms with van der Waals surface area (Å²) in [5.41, 5.74) is 11.7. The van der Waals surface area contributed by atoms with Gasteiger partial charge in [-0.25, -0.2) is 10.8 Å².